The number of halogens is 3. The first-order valence-corrected chi connectivity index (χ1v) is 4.22. The Kier molecular flexibility index (Phi) is 3.33. The Morgan fingerprint density at radius 3 is 2.73 bits per heavy atom. The van der Waals surface area contributed by atoms with Gasteiger partial charge in [-0.25, -0.2) is 4.79 Å². The molecule has 1 rings (SSSR count). The smallest absolute Gasteiger partial charge is 0.389 e. The third kappa shape index (κ3) is 3.61. The summed E-state index contributed by atoms with van der Waals surface area (Å²) in [5.74, 6) is -1.19. The molecule has 0 aliphatic heterocycles. The van der Waals surface area contributed by atoms with Gasteiger partial charge in [-0.2, -0.15) is 18.3 Å². The molecule has 0 fully saturated rings. The van der Waals surface area contributed by atoms with E-state index in [1.807, 2.05) is 0 Å². The highest BCUT2D eigenvalue weighted by atomic mass is 19.4. The van der Waals surface area contributed by atoms with Crippen molar-refractivity contribution < 1.29 is 23.1 Å². The molecule has 0 aliphatic carbocycles. The number of carbonyl (C=O) groups is 1. The monoisotopic (exact) mass is 222 g/mol. The van der Waals surface area contributed by atoms with Crippen LogP contribution in [0.2, 0.25) is 0 Å². The van der Waals surface area contributed by atoms with E-state index in [0.717, 1.165) is 4.68 Å². The number of nitrogens with zero attached hydrogens (tertiary/aromatic N) is 2. The standard InChI is InChI=1S/C8H9F3N2O2/c9-8(10,11)3-1-5-13-6(7(14)15)2-4-12-13/h2,4H,1,3,5H2,(H,14,15). The molecule has 0 aromatic carbocycles. The van der Waals surface area contributed by atoms with E-state index in [2.05, 4.69) is 5.10 Å². The minimum absolute atomic E-state index is 0.0475. The van der Waals surface area contributed by atoms with Gasteiger partial charge in [0.15, 0.2) is 0 Å². The predicted octanol–water partition coefficient (Wildman–Crippen LogP) is 1.92. The Morgan fingerprint density at radius 1 is 1.53 bits per heavy atom. The van der Waals surface area contributed by atoms with E-state index in [-0.39, 0.29) is 18.7 Å². The zero-order valence-electron chi connectivity index (χ0n) is 7.66. The van der Waals surface area contributed by atoms with Crippen LogP contribution in [0.25, 0.3) is 0 Å². The van der Waals surface area contributed by atoms with Crippen molar-refractivity contribution in [2.24, 2.45) is 0 Å². The van der Waals surface area contributed by atoms with Gasteiger partial charge in [0.1, 0.15) is 5.69 Å². The van der Waals surface area contributed by atoms with Gasteiger partial charge in [0.05, 0.1) is 0 Å². The van der Waals surface area contributed by atoms with Crippen LogP contribution in [0.1, 0.15) is 23.3 Å². The average molecular weight is 222 g/mol. The fourth-order valence-corrected chi connectivity index (χ4v) is 1.12. The molecule has 1 N–H and O–H groups in total. The Morgan fingerprint density at radius 2 is 2.20 bits per heavy atom. The van der Waals surface area contributed by atoms with Crippen LogP contribution < -0.4 is 0 Å². The predicted molar refractivity (Wildman–Crippen MR) is 44.5 cm³/mol. The number of hydrogen-bond acceptors (Lipinski definition) is 2. The molecule has 0 bridgehead atoms. The van der Waals surface area contributed by atoms with Crippen molar-refractivity contribution in [3.63, 3.8) is 0 Å². The van der Waals surface area contributed by atoms with E-state index >= 15 is 0 Å². The number of aryl methyl sites for hydroxylation is 1. The quantitative estimate of drug-likeness (QED) is 0.846. The SMILES string of the molecule is O=C(O)c1ccnn1CCCC(F)(F)F. The van der Waals surface area contributed by atoms with Gasteiger partial charge in [-0.05, 0) is 12.5 Å². The first-order valence-electron chi connectivity index (χ1n) is 4.22. The summed E-state index contributed by atoms with van der Waals surface area (Å²) in [4.78, 5) is 10.6. The lowest BCUT2D eigenvalue weighted by molar-refractivity contribution is -0.136. The van der Waals surface area contributed by atoms with Gasteiger partial charge in [0.2, 0.25) is 0 Å². The molecule has 0 spiro atoms. The number of aromatic carboxylic acids is 1. The first kappa shape index (κ1) is 11.5. The number of carboxylic acids is 1. The van der Waals surface area contributed by atoms with Crippen LogP contribution in [0, 0.1) is 0 Å². The Hall–Kier alpha value is -1.53. The average Bonchev–Trinajstić information content (AvgIpc) is 2.49. The summed E-state index contributed by atoms with van der Waals surface area (Å²) in [5, 5.41) is 12.3. The van der Waals surface area contributed by atoms with Crippen molar-refractivity contribution in [1.29, 1.82) is 0 Å². The van der Waals surface area contributed by atoms with Gasteiger partial charge in [0.25, 0.3) is 0 Å². The zero-order chi connectivity index (χ0) is 11.5. The Balaban J connectivity index is 2.51. The van der Waals surface area contributed by atoms with Gasteiger partial charge >= 0.3 is 12.1 Å². The van der Waals surface area contributed by atoms with Crippen molar-refractivity contribution in [1.82, 2.24) is 9.78 Å². The van der Waals surface area contributed by atoms with E-state index in [4.69, 9.17) is 5.11 Å². The van der Waals surface area contributed by atoms with Gasteiger partial charge in [-0.1, -0.05) is 0 Å². The normalized spacial score (nSPS) is 11.7. The molecule has 0 amide bonds. The minimum atomic E-state index is -4.21. The molecule has 0 atom stereocenters. The van der Waals surface area contributed by atoms with Crippen molar-refractivity contribution in [3.8, 4) is 0 Å². The van der Waals surface area contributed by atoms with Crippen LogP contribution in [-0.4, -0.2) is 27.0 Å². The lowest BCUT2D eigenvalue weighted by atomic mass is 10.3. The van der Waals surface area contributed by atoms with Crippen LogP contribution in [-0.2, 0) is 6.54 Å². The van der Waals surface area contributed by atoms with Gasteiger partial charge in [-0.3, -0.25) is 4.68 Å². The van der Waals surface area contributed by atoms with E-state index in [0.29, 0.717) is 0 Å². The van der Waals surface area contributed by atoms with Crippen molar-refractivity contribution in [2.75, 3.05) is 0 Å². The first-order chi connectivity index (χ1) is 6.90. The van der Waals surface area contributed by atoms with Gasteiger partial charge in [-0.15, -0.1) is 0 Å². The van der Waals surface area contributed by atoms with E-state index < -0.39 is 18.6 Å². The molecule has 84 valence electrons. The molecule has 1 heterocycles. The highest BCUT2D eigenvalue weighted by Gasteiger charge is 2.26. The third-order valence-corrected chi connectivity index (χ3v) is 1.77. The second-order valence-corrected chi connectivity index (χ2v) is 2.96. The number of aromatic nitrogens is 2. The lowest BCUT2D eigenvalue weighted by Crippen LogP contribution is -2.13. The van der Waals surface area contributed by atoms with E-state index in [9.17, 15) is 18.0 Å². The molecular weight excluding hydrogens is 213 g/mol. The summed E-state index contributed by atoms with van der Waals surface area (Å²) in [5.41, 5.74) is -0.0998. The van der Waals surface area contributed by atoms with E-state index in [1.165, 1.54) is 12.3 Å². The summed E-state index contributed by atoms with van der Waals surface area (Å²) in [6, 6.07) is 1.25. The van der Waals surface area contributed by atoms with Crippen LogP contribution in [0.3, 0.4) is 0 Å². The number of carboxylic acid groups (broad SMARTS) is 1. The summed E-state index contributed by atoms with van der Waals surface area (Å²) < 4.78 is 36.4. The number of rotatable bonds is 4. The zero-order valence-corrected chi connectivity index (χ0v) is 7.66. The molecule has 4 nitrogen and oxygen atoms in total. The van der Waals surface area contributed by atoms with Crippen LogP contribution in [0.15, 0.2) is 12.3 Å². The van der Waals surface area contributed by atoms with E-state index in [1.54, 1.807) is 0 Å². The van der Waals surface area contributed by atoms with Crippen LogP contribution in [0.5, 0.6) is 0 Å². The fourth-order valence-electron chi connectivity index (χ4n) is 1.12. The molecule has 0 saturated heterocycles. The molecule has 0 saturated carbocycles. The maximum absolute atomic E-state index is 11.8. The van der Waals surface area contributed by atoms with Crippen molar-refractivity contribution >= 4 is 5.97 Å². The maximum Gasteiger partial charge on any atom is 0.389 e. The molecule has 0 radical (unpaired) electrons. The fraction of sp³-hybridized carbons (Fsp3) is 0.500. The van der Waals surface area contributed by atoms with Crippen LogP contribution in [0.4, 0.5) is 13.2 Å². The van der Waals surface area contributed by atoms with Crippen molar-refractivity contribution in [2.45, 2.75) is 25.6 Å². The second kappa shape index (κ2) is 4.33. The summed E-state index contributed by atoms with van der Waals surface area (Å²) >= 11 is 0. The van der Waals surface area contributed by atoms with Gasteiger partial charge < -0.3 is 5.11 Å². The second-order valence-electron chi connectivity index (χ2n) is 2.96. The Bertz CT molecular complexity index is 346. The summed E-state index contributed by atoms with van der Waals surface area (Å²) in [7, 11) is 0. The highest BCUT2D eigenvalue weighted by Crippen LogP contribution is 2.21. The minimum Gasteiger partial charge on any atom is -0.477 e. The number of alkyl halides is 3. The maximum atomic E-state index is 11.8. The summed E-state index contributed by atoms with van der Waals surface area (Å²) in [6.07, 6.45) is -4.08. The Labute approximate surface area is 83.3 Å². The molecule has 15 heavy (non-hydrogen) atoms. The third-order valence-electron chi connectivity index (χ3n) is 1.77. The van der Waals surface area contributed by atoms with Crippen molar-refractivity contribution in [3.05, 3.63) is 18.0 Å². The topological polar surface area (TPSA) is 55.1 Å². The van der Waals surface area contributed by atoms with Crippen LogP contribution >= 0.6 is 0 Å². The largest absolute Gasteiger partial charge is 0.477 e. The summed E-state index contributed by atoms with van der Waals surface area (Å²) in [6.45, 7) is -0.0475. The molecule has 7 heteroatoms. The number of hydrogen-bond donors (Lipinski definition) is 1. The van der Waals surface area contributed by atoms with Gasteiger partial charge in [0, 0.05) is 19.2 Å². The molecule has 1 aromatic rings. The molecule has 1 aromatic heterocycles. The molecule has 0 aliphatic rings. The molecular formula is C8H9F3N2O2. The highest BCUT2D eigenvalue weighted by molar-refractivity contribution is 5.85. The molecule has 0 unspecified atom stereocenters. The lowest BCUT2D eigenvalue weighted by Gasteiger charge is -2.06.